The first-order valence-electron chi connectivity index (χ1n) is 5.69. The lowest BCUT2D eigenvalue weighted by atomic mass is 10.3. The predicted molar refractivity (Wildman–Crippen MR) is 67.7 cm³/mol. The fourth-order valence-electron chi connectivity index (χ4n) is 1.42. The number of nitrogens with two attached hydrogens (primary N) is 1. The minimum Gasteiger partial charge on any atom is -0.396 e. The van der Waals surface area contributed by atoms with Crippen LogP contribution < -0.4 is 11.1 Å². The number of aryl methyl sites for hydroxylation is 1. The van der Waals surface area contributed by atoms with Crippen molar-refractivity contribution in [2.45, 2.75) is 19.9 Å². The summed E-state index contributed by atoms with van der Waals surface area (Å²) in [5.74, 6) is -0.181. The van der Waals surface area contributed by atoms with Crippen molar-refractivity contribution in [2.75, 3.05) is 25.9 Å². The van der Waals surface area contributed by atoms with Gasteiger partial charge in [0.05, 0.1) is 11.9 Å². The van der Waals surface area contributed by atoms with Crippen molar-refractivity contribution in [3.05, 3.63) is 11.9 Å². The second-order valence-corrected chi connectivity index (χ2v) is 4.40. The van der Waals surface area contributed by atoms with E-state index < -0.39 is 0 Å². The Hall–Kier alpha value is -1.56. The van der Waals surface area contributed by atoms with E-state index in [-0.39, 0.29) is 5.91 Å². The monoisotopic (exact) mass is 239 g/mol. The van der Waals surface area contributed by atoms with Crippen LogP contribution in [0.15, 0.2) is 6.20 Å². The molecule has 6 nitrogen and oxygen atoms in total. The van der Waals surface area contributed by atoms with E-state index in [2.05, 4.69) is 29.2 Å². The molecular weight excluding hydrogens is 218 g/mol. The van der Waals surface area contributed by atoms with Gasteiger partial charge in [-0.2, -0.15) is 5.10 Å². The Labute approximate surface area is 102 Å². The Morgan fingerprint density at radius 2 is 2.29 bits per heavy atom. The smallest absolute Gasteiger partial charge is 0.271 e. The van der Waals surface area contributed by atoms with Crippen molar-refractivity contribution in [3.8, 4) is 0 Å². The topological polar surface area (TPSA) is 76.2 Å². The molecular formula is C11H21N5O. The van der Waals surface area contributed by atoms with Crippen LogP contribution in [0, 0.1) is 0 Å². The van der Waals surface area contributed by atoms with E-state index in [0.29, 0.717) is 24.0 Å². The maximum atomic E-state index is 11.8. The first-order valence-corrected chi connectivity index (χ1v) is 5.69. The normalized spacial score (nSPS) is 11.2. The van der Waals surface area contributed by atoms with Gasteiger partial charge in [-0.3, -0.25) is 9.48 Å². The summed E-state index contributed by atoms with van der Waals surface area (Å²) in [5.41, 5.74) is 6.49. The summed E-state index contributed by atoms with van der Waals surface area (Å²) in [6.45, 7) is 5.63. The number of nitrogens with one attached hydrogen (secondary N) is 1. The number of likely N-dealkylation sites (N-methyl/N-ethyl adjacent to an activating group) is 1. The molecule has 17 heavy (non-hydrogen) atoms. The molecule has 0 saturated heterocycles. The molecule has 96 valence electrons. The van der Waals surface area contributed by atoms with Gasteiger partial charge in [0.2, 0.25) is 0 Å². The molecule has 0 aromatic carbocycles. The van der Waals surface area contributed by atoms with Gasteiger partial charge in [0.15, 0.2) is 0 Å². The molecule has 0 aliphatic rings. The minimum atomic E-state index is -0.181. The van der Waals surface area contributed by atoms with E-state index in [1.54, 1.807) is 7.05 Å². The summed E-state index contributed by atoms with van der Waals surface area (Å²) < 4.78 is 1.48. The van der Waals surface area contributed by atoms with E-state index in [0.717, 1.165) is 6.54 Å². The maximum Gasteiger partial charge on any atom is 0.271 e. The lowest BCUT2D eigenvalue weighted by Crippen LogP contribution is -2.36. The standard InChI is InChI=1S/C11H21N5O/c1-8(2)15(3)6-5-13-11(17)10-9(12)7-14-16(10)4/h7-8H,5-6,12H2,1-4H3,(H,13,17). The largest absolute Gasteiger partial charge is 0.396 e. The average molecular weight is 239 g/mol. The second kappa shape index (κ2) is 5.67. The van der Waals surface area contributed by atoms with Crippen molar-refractivity contribution in [1.29, 1.82) is 0 Å². The molecule has 0 aliphatic carbocycles. The van der Waals surface area contributed by atoms with E-state index in [1.165, 1.54) is 10.9 Å². The molecule has 1 rings (SSSR count). The van der Waals surface area contributed by atoms with Crippen molar-refractivity contribution < 1.29 is 4.79 Å². The van der Waals surface area contributed by atoms with Gasteiger partial charge in [-0.15, -0.1) is 0 Å². The number of aromatic nitrogens is 2. The highest BCUT2D eigenvalue weighted by Gasteiger charge is 2.14. The summed E-state index contributed by atoms with van der Waals surface area (Å²) >= 11 is 0. The summed E-state index contributed by atoms with van der Waals surface area (Å²) in [4.78, 5) is 14.0. The van der Waals surface area contributed by atoms with E-state index in [4.69, 9.17) is 5.73 Å². The highest BCUT2D eigenvalue weighted by molar-refractivity contribution is 5.97. The zero-order chi connectivity index (χ0) is 13.0. The Morgan fingerprint density at radius 1 is 1.65 bits per heavy atom. The lowest BCUT2D eigenvalue weighted by Gasteiger charge is -2.20. The molecule has 0 bridgehead atoms. The molecule has 1 aromatic heterocycles. The first-order chi connectivity index (χ1) is 7.93. The number of anilines is 1. The number of carbonyl (C=O) groups is 1. The highest BCUT2D eigenvalue weighted by Crippen LogP contribution is 2.08. The van der Waals surface area contributed by atoms with Crippen molar-refractivity contribution >= 4 is 11.6 Å². The van der Waals surface area contributed by atoms with Crippen LogP contribution in [-0.4, -0.2) is 46.8 Å². The lowest BCUT2D eigenvalue weighted by molar-refractivity contribution is 0.0939. The van der Waals surface area contributed by atoms with Crippen molar-refractivity contribution in [1.82, 2.24) is 20.0 Å². The summed E-state index contributed by atoms with van der Waals surface area (Å²) in [5, 5.41) is 6.76. The molecule has 1 heterocycles. The average Bonchev–Trinajstić information content (AvgIpc) is 2.58. The zero-order valence-electron chi connectivity index (χ0n) is 10.9. The first kappa shape index (κ1) is 13.5. The second-order valence-electron chi connectivity index (χ2n) is 4.40. The number of carbonyl (C=O) groups excluding carboxylic acids is 1. The molecule has 0 spiro atoms. The third-order valence-electron chi connectivity index (χ3n) is 2.81. The summed E-state index contributed by atoms with van der Waals surface area (Å²) in [6.07, 6.45) is 1.48. The van der Waals surface area contributed by atoms with Crippen LogP contribution >= 0.6 is 0 Å². The molecule has 1 aromatic rings. The van der Waals surface area contributed by atoms with Gasteiger partial charge in [-0.05, 0) is 20.9 Å². The Bertz CT molecular complexity index is 366. The molecule has 0 aliphatic heterocycles. The molecule has 0 radical (unpaired) electrons. The van der Waals surface area contributed by atoms with Gasteiger partial charge in [0, 0.05) is 26.2 Å². The van der Waals surface area contributed by atoms with Crippen LogP contribution in [0.2, 0.25) is 0 Å². The predicted octanol–water partition coefficient (Wildman–Crippen LogP) is 0.0723. The molecule has 3 N–H and O–H groups in total. The van der Waals surface area contributed by atoms with Crippen LogP contribution in [-0.2, 0) is 7.05 Å². The highest BCUT2D eigenvalue weighted by atomic mass is 16.2. The third kappa shape index (κ3) is 3.45. The molecule has 0 saturated carbocycles. The molecule has 0 unspecified atom stereocenters. The number of amides is 1. The molecule has 1 amide bonds. The zero-order valence-corrected chi connectivity index (χ0v) is 10.9. The van der Waals surface area contributed by atoms with Crippen LogP contribution in [0.1, 0.15) is 24.3 Å². The molecule has 6 heteroatoms. The quantitative estimate of drug-likeness (QED) is 0.762. The van der Waals surface area contributed by atoms with Gasteiger partial charge < -0.3 is 16.0 Å². The Balaban J connectivity index is 2.46. The van der Waals surface area contributed by atoms with Gasteiger partial charge in [-0.1, -0.05) is 0 Å². The van der Waals surface area contributed by atoms with Crippen LogP contribution in [0.3, 0.4) is 0 Å². The number of hydrogen-bond donors (Lipinski definition) is 2. The number of nitrogens with zero attached hydrogens (tertiary/aromatic N) is 3. The molecule has 0 fully saturated rings. The van der Waals surface area contributed by atoms with Gasteiger partial charge >= 0.3 is 0 Å². The molecule has 0 atom stereocenters. The van der Waals surface area contributed by atoms with Gasteiger partial charge in [0.1, 0.15) is 5.69 Å². The number of nitrogen functional groups attached to an aromatic ring is 1. The van der Waals surface area contributed by atoms with Crippen LogP contribution in [0.4, 0.5) is 5.69 Å². The third-order valence-corrected chi connectivity index (χ3v) is 2.81. The van der Waals surface area contributed by atoms with E-state index >= 15 is 0 Å². The summed E-state index contributed by atoms with van der Waals surface area (Å²) in [6, 6.07) is 0.466. The van der Waals surface area contributed by atoms with Crippen molar-refractivity contribution in [2.24, 2.45) is 7.05 Å². The van der Waals surface area contributed by atoms with Gasteiger partial charge in [0.25, 0.3) is 5.91 Å². The van der Waals surface area contributed by atoms with Crippen LogP contribution in [0.5, 0.6) is 0 Å². The summed E-state index contributed by atoms with van der Waals surface area (Å²) in [7, 11) is 3.72. The fraction of sp³-hybridized carbons (Fsp3) is 0.636. The van der Waals surface area contributed by atoms with Crippen molar-refractivity contribution in [3.63, 3.8) is 0 Å². The van der Waals surface area contributed by atoms with Gasteiger partial charge in [-0.25, -0.2) is 0 Å². The van der Waals surface area contributed by atoms with E-state index in [9.17, 15) is 4.79 Å². The minimum absolute atomic E-state index is 0.181. The van der Waals surface area contributed by atoms with E-state index in [1.807, 2.05) is 7.05 Å². The fourth-order valence-corrected chi connectivity index (χ4v) is 1.42. The number of hydrogen-bond acceptors (Lipinski definition) is 4. The maximum absolute atomic E-state index is 11.8. The SMILES string of the molecule is CC(C)N(C)CCNC(=O)c1c(N)cnn1C. The van der Waals surface area contributed by atoms with Crippen LogP contribution in [0.25, 0.3) is 0 Å². The Morgan fingerprint density at radius 3 is 2.76 bits per heavy atom. The Kier molecular flexibility index (Phi) is 4.51. The number of rotatable bonds is 5.